The Balaban J connectivity index is 1.99. The van der Waals surface area contributed by atoms with Gasteiger partial charge in [0, 0.05) is 6.54 Å². The monoisotopic (exact) mass is 250 g/mol. The van der Waals surface area contributed by atoms with Crippen LogP contribution < -0.4 is 10.1 Å². The van der Waals surface area contributed by atoms with Crippen molar-refractivity contribution >= 4 is 5.69 Å². The van der Waals surface area contributed by atoms with E-state index in [2.05, 4.69) is 11.4 Å². The lowest BCUT2D eigenvalue weighted by molar-refractivity contribution is -0.0442. The fraction of sp³-hybridized carbons (Fsp3) is 0.462. The first-order valence-electron chi connectivity index (χ1n) is 5.76. The first kappa shape index (κ1) is 12.7. The standard InChI is InChI=1S/C13H15FN2O2/c1-18-12-10(14)3-2-4-11(12)16-8-13(17)5-9(6-13)7-15/h2-4,9,16-17H,5-6,8H2,1H3. The van der Waals surface area contributed by atoms with Gasteiger partial charge in [0.05, 0.1) is 30.4 Å². The number of hydrogen-bond acceptors (Lipinski definition) is 4. The van der Waals surface area contributed by atoms with Gasteiger partial charge in [-0.2, -0.15) is 5.26 Å². The second-order valence-electron chi connectivity index (χ2n) is 4.63. The summed E-state index contributed by atoms with van der Waals surface area (Å²) >= 11 is 0. The normalized spacial score (nSPS) is 26.0. The maximum absolute atomic E-state index is 13.4. The van der Waals surface area contributed by atoms with Crippen LogP contribution in [0.25, 0.3) is 0 Å². The number of rotatable bonds is 4. The number of anilines is 1. The molecule has 2 rings (SSSR count). The van der Waals surface area contributed by atoms with E-state index in [0.29, 0.717) is 18.5 Å². The van der Waals surface area contributed by atoms with Crippen molar-refractivity contribution in [3.8, 4) is 11.8 Å². The van der Waals surface area contributed by atoms with Crippen molar-refractivity contribution in [3.63, 3.8) is 0 Å². The second-order valence-corrected chi connectivity index (χ2v) is 4.63. The Hall–Kier alpha value is -1.80. The molecule has 1 aliphatic carbocycles. The predicted octanol–water partition coefficient (Wildman–Crippen LogP) is 1.91. The minimum Gasteiger partial charge on any atom is -0.492 e. The molecule has 4 nitrogen and oxygen atoms in total. The fourth-order valence-corrected chi connectivity index (χ4v) is 2.21. The van der Waals surface area contributed by atoms with Gasteiger partial charge >= 0.3 is 0 Å². The summed E-state index contributed by atoms with van der Waals surface area (Å²) in [6.07, 6.45) is 0.905. The van der Waals surface area contributed by atoms with Crippen molar-refractivity contribution in [2.45, 2.75) is 18.4 Å². The van der Waals surface area contributed by atoms with Crippen molar-refractivity contribution < 1.29 is 14.2 Å². The number of para-hydroxylation sites is 1. The lowest BCUT2D eigenvalue weighted by atomic mass is 9.71. The van der Waals surface area contributed by atoms with E-state index in [1.807, 2.05) is 0 Å². The lowest BCUT2D eigenvalue weighted by Gasteiger charge is -2.40. The first-order chi connectivity index (χ1) is 8.58. The number of methoxy groups -OCH3 is 1. The van der Waals surface area contributed by atoms with Gasteiger partial charge in [0.25, 0.3) is 0 Å². The molecule has 0 bridgehead atoms. The summed E-state index contributed by atoms with van der Waals surface area (Å²) in [5.74, 6) is -0.388. The zero-order valence-corrected chi connectivity index (χ0v) is 10.1. The van der Waals surface area contributed by atoms with E-state index in [1.54, 1.807) is 12.1 Å². The number of aliphatic hydroxyl groups is 1. The van der Waals surface area contributed by atoms with E-state index < -0.39 is 11.4 Å². The molecule has 1 aromatic carbocycles. The number of halogens is 1. The van der Waals surface area contributed by atoms with Crippen LogP contribution in [-0.4, -0.2) is 24.4 Å². The highest BCUT2D eigenvalue weighted by atomic mass is 19.1. The molecule has 2 N–H and O–H groups in total. The molecule has 1 fully saturated rings. The summed E-state index contributed by atoms with van der Waals surface area (Å²) in [6.45, 7) is 0.283. The molecule has 0 amide bonds. The molecule has 0 unspecified atom stereocenters. The first-order valence-corrected chi connectivity index (χ1v) is 5.76. The highest BCUT2D eigenvalue weighted by molar-refractivity contribution is 5.57. The molecule has 0 atom stereocenters. The number of nitrogens with zero attached hydrogens (tertiary/aromatic N) is 1. The minimum atomic E-state index is -0.877. The number of benzene rings is 1. The molecule has 1 aliphatic rings. The average molecular weight is 250 g/mol. The van der Waals surface area contributed by atoms with Crippen LogP contribution in [0.15, 0.2) is 18.2 Å². The Kier molecular flexibility index (Phi) is 3.39. The van der Waals surface area contributed by atoms with Crippen LogP contribution in [0.1, 0.15) is 12.8 Å². The van der Waals surface area contributed by atoms with Gasteiger partial charge in [0.2, 0.25) is 0 Å². The highest BCUT2D eigenvalue weighted by Gasteiger charge is 2.42. The van der Waals surface area contributed by atoms with Crippen molar-refractivity contribution in [1.82, 2.24) is 0 Å². The summed E-state index contributed by atoms with van der Waals surface area (Å²) in [5, 5.41) is 21.7. The maximum atomic E-state index is 13.4. The fourth-order valence-electron chi connectivity index (χ4n) is 2.21. The zero-order chi connectivity index (χ0) is 13.2. The van der Waals surface area contributed by atoms with Gasteiger partial charge in [-0.05, 0) is 25.0 Å². The smallest absolute Gasteiger partial charge is 0.177 e. The molecule has 1 aromatic rings. The Bertz CT molecular complexity index is 478. The van der Waals surface area contributed by atoms with E-state index >= 15 is 0 Å². The second kappa shape index (κ2) is 4.83. The van der Waals surface area contributed by atoms with Crippen LogP contribution in [0.4, 0.5) is 10.1 Å². The van der Waals surface area contributed by atoms with Gasteiger partial charge in [0.15, 0.2) is 11.6 Å². The van der Waals surface area contributed by atoms with Crippen LogP contribution in [0.5, 0.6) is 5.75 Å². The molecule has 0 saturated heterocycles. The third kappa shape index (κ3) is 2.39. The van der Waals surface area contributed by atoms with E-state index in [0.717, 1.165) is 0 Å². The van der Waals surface area contributed by atoms with E-state index in [-0.39, 0.29) is 18.2 Å². The predicted molar refractivity (Wildman–Crippen MR) is 64.7 cm³/mol. The van der Waals surface area contributed by atoms with Crippen molar-refractivity contribution in [2.75, 3.05) is 19.0 Å². The zero-order valence-electron chi connectivity index (χ0n) is 10.1. The Morgan fingerprint density at radius 1 is 1.61 bits per heavy atom. The van der Waals surface area contributed by atoms with Crippen molar-refractivity contribution in [3.05, 3.63) is 24.0 Å². The number of nitrogens with one attached hydrogen (secondary N) is 1. The third-order valence-corrected chi connectivity index (χ3v) is 3.21. The molecule has 18 heavy (non-hydrogen) atoms. The van der Waals surface area contributed by atoms with Crippen molar-refractivity contribution in [2.24, 2.45) is 5.92 Å². The Labute approximate surface area is 105 Å². The molecule has 0 spiro atoms. The molecule has 1 saturated carbocycles. The quantitative estimate of drug-likeness (QED) is 0.856. The van der Waals surface area contributed by atoms with Crippen LogP contribution in [0.3, 0.4) is 0 Å². The molecular formula is C13H15FN2O2. The van der Waals surface area contributed by atoms with E-state index in [4.69, 9.17) is 10.00 Å². The van der Waals surface area contributed by atoms with Gasteiger partial charge in [-0.15, -0.1) is 0 Å². The SMILES string of the molecule is COc1c(F)cccc1NCC1(O)CC(C#N)C1. The van der Waals surface area contributed by atoms with Gasteiger partial charge < -0.3 is 15.2 Å². The molecular weight excluding hydrogens is 235 g/mol. The molecule has 96 valence electrons. The van der Waals surface area contributed by atoms with Crippen LogP contribution >= 0.6 is 0 Å². The number of hydrogen-bond donors (Lipinski definition) is 2. The van der Waals surface area contributed by atoms with Gasteiger partial charge in [-0.3, -0.25) is 0 Å². The Morgan fingerprint density at radius 2 is 2.33 bits per heavy atom. The summed E-state index contributed by atoms with van der Waals surface area (Å²) in [6, 6.07) is 6.69. The molecule has 0 radical (unpaired) electrons. The topological polar surface area (TPSA) is 65.3 Å². The van der Waals surface area contributed by atoms with Crippen LogP contribution in [-0.2, 0) is 0 Å². The van der Waals surface area contributed by atoms with Crippen LogP contribution in [0.2, 0.25) is 0 Å². The van der Waals surface area contributed by atoms with Gasteiger partial charge in [0.1, 0.15) is 0 Å². The number of nitriles is 1. The molecule has 5 heteroatoms. The highest BCUT2D eigenvalue weighted by Crippen LogP contribution is 2.38. The summed E-state index contributed by atoms with van der Waals surface area (Å²) in [7, 11) is 1.40. The summed E-state index contributed by atoms with van der Waals surface area (Å²) < 4.78 is 18.4. The van der Waals surface area contributed by atoms with E-state index in [1.165, 1.54) is 13.2 Å². The largest absolute Gasteiger partial charge is 0.492 e. The minimum absolute atomic E-state index is 0.0776. The summed E-state index contributed by atoms with van der Waals surface area (Å²) in [4.78, 5) is 0. The summed E-state index contributed by atoms with van der Waals surface area (Å²) in [5.41, 5.74) is -0.371. The van der Waals surface area contributed by atoms with Crippen molar-refractivity contribution in [1.29, 1.82) is 5.26 Å². The average Bonchev–Trinajstić information content (AvgIpc) is 2.33. The molecule has 0 aliphatic heterocycles. The molecule has 0 aromatic heterocycles. The molecule has 0 heterocycles. The lowest BCUT2D eigenvalue weighted by Crippen LogP contribution is -2.48. The van der Waals surface area contributed by atoms with Gasteiger partial charge in [-0.1, -0.05) is 6.07 Å². The third-order valence-electron chi connectivity index (χ3n) is 3.21. The van der Waals surface area contributed by atoms with E-state index in [9.17, 15) is 9.50 Å². The maximum Gasteiger partial charge on any atom is 0.177 e. The number of ether oxygens (including phenoxy) is 1. The van der Waals surface area contributed by atoms with Gasteiger partial charge in [-0.25, -0.2) is 4.39 Å². The van der Waals surface area contributed by atoms with Crippen LogP contribution in [0, 0.1) is 23.1 Å². The Morgan fingerprint density at radius 3 is 2.94 bits per heavy atom.